The minimum absolute atomic E-state index is 0.0456. The van der Waals surface area contributed by atoms with Crippen molar-refractivity contribution in [2.24, 2.45) is 0 Å². The normalized spacial score (nSPS) is 10.4. The Morgan fingerprint density at radius 2 is 1.81 bits per heavy atom. The summed E-state index contributed by atoms with van der Waals surface area (Å²) in [5, 5.41) is 5.16. The highest BCUT2D eigenvalue weighted by atomic mass is 32.1. The van der Waals surface area contributed by atoms with Crippen molar-refractivity contribution in [3.63, 3.8) is 0 Å². The van der Waals surface area contributed by atoms with Crippen molar-refractivity contribution in [3.05, 3.63) is 71.0 Å². The lowest BCUT2D eigenvalue weighted by molar-refractivity contribution is -0.114. The van der Waals surface area contributed by atoms with Gasteiger partial charge >= 0.3 is 5.97 Å². The molecule has 0 fully saturated rings. The molecule has 0 spiro atoms. The zero-order valence-corrected chi connectivity index (χ0v) is 14.7. The molecule has 1 aromatic heterocycles. The first-order chi connectivity index (χ1) is 12.5. The Balaban J connectivity index is 1.59. The number of hydrogen-bond acceptors (Lipinski definition) is 5. The second-order valence-electron chi connectivity index (χ2n) is 5.49. The molecule has 0 bridgehead atoms. The van der Waals surface area contributed by atoms with E-state index in [2.05, 4.69) is 10.3 Å². The predicted octanol–water partition coefficient (Wildman–Crippen LogP) is 4.26. The third-order valence-electron chi connectivity index (χ3n) is 3.44. The predicted molar refractivity (Wildman–Crippen MR) is 97.4 cm³/mol. The molecule has 7 heteroatoms. The van der Waals surface area contributed by atoms with Crippen LogP contribution >= 0.6 is 11.3 Å². The molecular formula is C19H15FN2O3S. The van der Waals surface area contributed by atoms with Crippen LogP contribution in [0, 0.1) is 5.82 Å². The summed E-state index contributed by atoms with van der Waals surface area (Å²) in [4.78, 5) is 27.5. The maximum atomic E-state index is 13.0. The molecule has 1 amide bonds. The number of carbonyl (C=O) groups excluding carboxylic acids is 2. The first-order valence-electron chi connectivity index (χ1n) is 7.76. The molecular weight excluding hydrogens is 355 g/mol. The van der Waals surface area contributed by atoms with Crippen LogP contribution in [0.1, 0.15) is 23.0 Å². The molecule has 0 unspecified atom stereocenters. The summed E-state index contributed by atoms with van der Waals surface area (Å²) in [7, 11) is 0. The van der Waals surface area contributed by atoms with Crippen LogP contribution in [0.2, 0.25) is 0 Å². The highest BCUT2D eigenvalue weighted by Gasteiger charge is 2.10. The van der Waals surface area contributed by atoms with Gasteiger partial charge < -0.3 is 10.1 Å². The van der Waals surface area contributed by atoms with Crippen molar-refractivity contribution in [1.29, 1.82) is 0 Å². The maximum absolute atomic E-state index is 13.0. The van der Waals surface area contributed by atoms with E-state index in [0.29, 0.717) is 16.9 Å². The molecule has 5 nitrogen and oxygen atoms in total. The van der Waals surface area contributed by atoms with Crippen molar-refractivity contribution >= 4 is 28.9 Å². The quantitative estimate of drug-likeness (QED) is 0.681. The molecule has 0 radical (unpaired) electrons. The lowest BCUT2D eigenvalue weighted by Gasteiger charge is -2.05. The number of amides is 1. The third-order valence-corrected chi connectivity index (χ3v) is 4.38. The number of benzene rings is 2. The molecule has 0 aliphatic rings. The number of ether oxygens (including phenoxy) is 1. The Labute approximate surface area is 153 Å². The molecule has 2 aromatic carbocycles. The van der Waals surface area contributed by atoms with E-state index in [1.165, 1.54) is 30.4 Å². The number of carbonyl (C=O) groups is 2. The Hall–Kier alpha value is -3.06. The van der Waals surface area contributed by atoms with Gasteiger partial charge in [0, 0.05) is 23.6 Å². The minimum Gasteiger partial charge on any atom is -0.456 e. The fourth-order valence-corrected chi connectivity index (χ4v) is 3.02. The van der Waals surface area contributed by atoms with E-state index in [4.69, 9.17) is 4.74 Å². The van der Waals surface area contributed by atoms with Gasteiger partial charge in [0.1, 0.15) is 17.4 Å². The molecule has 0 saturated heterocycles. The summed E-state index contributed by atoms with van der Waals surface area (Å²) < 4.78 is 18.2. The fraction of sp³-hybridized carbons (Fsp3) is 0.105. The van der Waals surface area contributed by atoms with Crippen LogP contribution in [-0.4, -0.2) is 16.9 Å². The van der Waals surface area contributed by atoms with E-state index in [0.717, 1.165) is 10.6 Å². The zero-order valence-electron chi connectivity index (χ0n) is 13.9. The summed E-state index contributed by atoms with van der Waals surface area (Å²) in [5.74, 6) is -0.958. The monoisotopic (exact) mass is 370 g/mol. The molecule has 1 heterocycles. The van der Waals surface area contributed by atoms with E-state index >= 15 is 0 Å². The molecule has 0 atom stereocenters. The Morgan fingerprint density at radius 1 is 1.12 bits per heavy atom. The number of rotatable bonds is 5. The molecule has 3 rings (SSSR count). The van der Waals surface area contributed by atoms with Crippen molar-refractivity contribution in [2.45, 2.75) is 13.5 Å². The molecule has 0 aliphatic heterocycles. The average molecular weight is 370 g/mol. The van der Waals surface area contributed by atoms with Crippen molar-refractivity contribution in [2.75, 3.05) is 5.32 Å². The van der Waals surface area contributed by atoms with Gasteiger partial charge in [-0.3, -0.25) is 4.79 Å². The van der Waals surface area contributed by atoms with Gasteiger partial charge in [0.05, 0.1) is 11.3 Å². The number of aromatic nitrogens is 1. The summed E-state index contributed by atoms with van der Waals surface area (Å²) in [6.07, 6.45) is 0. The van der Waals surface area contributed by atoms with Crippen LogP contribution in [0.25, 0.3) is 10.6 Å². The highest BCUT2D eigenvalue weighted by molar-refractivity contribution is 7.13. The standard InChI is InChI=1S/C19H15FN2O3S/c1-12(23)21-16-8-4-14(5-9-16)19(24)25-10-17-11-26-18(22-17)13-2-6-15(20)7-3-13/h2-9,11H,10H2,1H3,(H,21,23). The Bertz CT molecular complexity index is 921. The molecule has 132 valence electrons. The van der Waals surface area contributed by atoms with Crippen LogP contribution < -0.4 is 5.32 Å². The first-order valence-corrected chi connectivity index (χ1v) is 8.64. The third kappa shape index (κ3) is 4.52. The molecule has 1 N–H and O–H groups in total. The molecule has 3 aromatic rings. The number of esters is 1. The van der Waals surface area contributed by atoms with Crippen LogP contribution in [0.15, 0.2) is 53.9 Å². The van der Waals surface area contributed by atoms with Gasteiger partial charge in [-0.05, 0) is 48.5 Å². The number of thiazole rings is 1. The lowest BCUT2D eigenvalue weighted by Crippen LogP contribution is -2.07. The van der Waals surface area contributed by atoms with Crippen molar-refractivity contribution < 1.29 is 18.7 Å². The van der Waals surface area contributed by atoms with Gasteiger partial charge in [-0.1, -0.05) is 0 Å². The van der Waals surface area contributed by atoms with Crippen molar-refractivity contribution in [1.82, 2.24) is 4.98 Å². The van der Waals surface area contributed by atoms with Crippen LogP contribution in [-0.2, 0) is 16.1 Å². The van der Waals surface area contributed by atoms with E-state index in [1.54, 1.807) is 41.8 Å². The maximum Gasteiger partial charge on any atom is 0.338 e. The average Bonchev–Trinajstić information content (AvgIpc) is 3.09. The second-order valence-corrected chi connectivity index (χ2v) is 6.34. The van der Waals surface area contributed by atoms with E-state index in [9.17, 15) is 14.0 Å². The van der Waals surface area contributed by atoms with Gasteiger partial charge in [0.15, 0.2) is 0 Å². The Morgan fingerprint density at radius 3 is 2.46 bits per heavy atom. The van der Waals surface area contributed by atoms with Gasteiger partial charge in [-0.25, -0.2) is 14.2 Å². The number of halogens is 1. The lowest BCUT2D eigenvalue weighted by atomic mass is 10.2. The molecule has 26 heavy (non-hydrogen) atoms. The van der Waals surface area contributed by atoms with Crippen LogP contribution in [0.4, 0.5) is 10.1 Å². The van der Waals surface area contributed by atoms with Crippen LogP contribution in [0.3, 0.4) is 0 Å². The van der Waals surface area contributed by atoms with Gasteiger partial charge in [0.2, 0.25) is 5.91 Å². The SMILES string of the molecule is CC(=O)Nc1ccc(C(=O)OCc2csc(-c3ccc(F)cc3)n2)cc1. The minimum atomic E-state index is -0.476. The smallest absolute Gasteiger partial charge is 0.338 e. The van der Waals surface area contributed by atoms with Gasteiger partial charge in [-0.15, -0.1) is 11.3 Å². The summed E-state index contributed by atoms with van der Waals surface area (Å²) in [5.41, 5.74) is 2.42. The van der Waals surface area contributed by atoms with E-state index in [1.807, 2.05) is 0 Å². The summed E-state index contributed by atoms with van der Waals surface area (Å²) in [6.45, 7) is 1.46. The first kappa shape index (κ1) is 17.8. The van der Waals surface area contributed by atoms with Crippen molar-refractivity contribution in [3.8, 4) is 10.6 Å². The molecule has 0 saturated carbocycles. The van der Waals surface area contributed by atoms with E-state index < -0.39 is 5.97 Å². The van der Waals surface area contributed by atoms with E-state index in [-0.39, 0.29) is 18.3 Å². The Kier molecular flexibility index (Phi) is 5.38. The van der Waals surface area contributed by atoms with Gasteiger partial charge in [-0.2, -0.15) is 0 Å². The topological polar surface area (TPSA) is 68.3 Å². The largest absolute Gasteiger partial charge is 0.456 e. The second kappa shape index (κ2) is 7.88. The highest BCUT2D eigenvalue weighted by Crippen LogP contribution is 2.24. The number of hydrogen-bond donors (Lipinski definition) is 1. The number of anilines is 1. The molecule has 0 aliphatic carbocycles. The fourth-order valence-electron chi connectivity index (χ4n) is 2.21. The van der Waals surface area contributed by atoms with Gasteiger partial charge in [0.25, 0.3) is 0 Å². The van der Waals surface area contributed by atoms with Crippen LogP contribution in [0.5, 0.6) is 0 Å². The summed E-state index contributed by atoms with van der Waals surface area (Å²) >= 11 is 1.40. The number of nitrogens with zero attached hydrogens (tertiary/aromatic N) is 1. The number of nitrogens with one attached hydrogen (secondary N) is 1. The summed E-state index contributed by atoms with van der Waals surface area (Å²) in [6, 6.07) is 12.5. The zero-order chi connectivity index (χ0) is 18.5.